The van der Waals surface area contributed by atoms with Gasteiger partial charge in [0.15, 0.2) is 0 Å². The van der Waals surface area contributed by atoms with Crippen molar-refractivity contribution in [1.29, 1.82) is 0 Å². The van der Waals surface area contributed by atoms with Crippen LogP contribution in [0.2, 0.25) is 5.02 Å². The predicted molar refractivity (Wildman–Crippen MR) is 117 cm³/mol. The highest BCUT2D eigenvalue weighted by Crippen LogP contribution is 2.26. The summed E-state index contributed by atoms with van der Waals surface area (Å²) in [6, 6.07) is 7.26. The second-order valence-electron chi connectivity index (χ2n) is 7.22. The lowest BCUT2D eigenvalue weighted by atomic mass is 10.2. The molecule has 0 atom stereocenters. The topological polar surface area (TPSA) is 81.2 Å². The molecule has 2 heterocycles. The molecule has 0 bridgehead atoms. The fraction of sp³-hybridized carbons (Fsp3) is 0.429. The van der Waals surface area contributed by atoms with E-state index in [-0.39, 0.29) is 4.90 Å². The van der Waals surface area contributed by atoms with Crippen molar-refractivity contribution < 1.29 is 12.8 Å². The Morgan fingerprint density at radius 3 is 2.50 bits per heavy atom. The first kappa shape index (κ1) is 22.5. The Kier molecular flexibility index (Phi) is 7.00. The van der Waals surface area contributed by atoms with Crippen LogP contribution < -0.4 is 0 Å². The first-order valence-electron chi connectivity index (χ1n) is 10.0. The van der Waals surface area contributed by atoms with Crippen LogP contribution in [0.3, 0.4) is 0 Å². The quantitative estimate of drug-likeness (QED) is 0.473. The van der Waals surface area contributed by atoms with Crippen LogP contribution in [0.15, 0.2) is 39.8 Å². The predicted octanol–water partition coefficient (Wildman–Crippen LogP) is 4.67. The minimum Gasteiger partial charge on any atom is -0.444 e. The van der Waals surface area contributed by atoms with Crippen LogP contribution in [-0.2, 0) is 16.6 Å². The Hall–Kier alpha value is -2.16. The zero-order valence-corrected chi connectivity index (χ0v) is 19.3. The molecular weight excluding hydrogens is 424 g/mol. The van der Waals surface area contributed by atoms with Crippen molar-refractivity contribution in [3.63, 3.8) is 0 Å². The standard InChI is InChI=1S/C21H27ClN4O3S/c1-5-10-25(11-6-2)30(27,28)20-15(3)24-26(16(20)4)13-19-14-29-21(23-19)17-8-7-9-18(22)12-17/h7-9,12,14H,5-6,10-11,13H2,1-4H3. The van der Waals surface area contributed by atoms with Crippen LogP contribution in [0.1, 0.15) is 43.8 Å². The third kappa shape index (κ3) is 4.61. The van der Waals surface area contributed by atoms with Crippen molar-refractivity contribution in [3.05, 3.63) is 52.6 Å². The molecule has 0 saturated carbocycles. The van der Waals surface area contributed by atoms with Crippen molar-refractivity contribution in [2.75, 3.05) is 13.1 Å². The number of nitrogens with zero attached hydrogens (tertiary/aromatic N) is 4. The lowest BCUT2D eigenvalue weighted by Gasteiger charge is -2.21. The number of aryl methyl sites for hydroxylation is 1. The monoisotopic (exact) mass is 450 g/mol. The summed E-state index contributed by atoms with van der Waals surface area (Å²) in [7, 11) is -3.61. The molecular formula is C21H27ClN4O3S. The van der Waals surface area contributed by atoms with Crippen molar-refractivity contribution in [1.82, 2.24) is 19.1 Å². The molecule has 2 aromatic heterocycles. The molecule has 9 heteroatoms. The van der Waals surface area contributed by atoms with Crippen LogP contribution in [0.25, 0.3) is 11.5 Å². The summed E-state index contributed by atoms with van der Waals surface area (Å²) in [5.74, 6) is 0.457. The van der Waals surface area contributed by atoms with E-state index in [0.717, 1.165) is 18.4 Å². The first-order chi connectivity index (χ1) is 14.3. The fourth-order valence-corrected chi connectivity index (χ4v) is 5.66. The molecule has 0 aliphatic rings. The summed E-state index contributed by atoms with van der Waals surface area (Å²) >= 11 is 6.04. The summed E-state index contributed by atoms with van der Waals surface area (Å²) < 4.78 is 35.3. The summed E-state index contributed by atoms with van der Waals surface area (Å²) in [6.07, 6.45) is 3.08. The molecule has 162 valence electrons. The average molecular weight is 451 g/mol. The number of sulfonamides is 1. The smallest absolute Gasteiger partial charge is 0.246 e. The van der Waals surface area contributed by atoms with Gasteiger partial charge in [-0.05, 0) is 44.9 Å². The molecule has 0 spiro atoms. The van der Waals surface area contributed by atoms with Crippen LogP contribution >= 0.6 is 11.6 Å². The van der Waals surface area contributed by atoms with Gasteiger partial charge in [0.2, 0.25) is 15.9 Å². The van der Waals surface area contributed by atoms with Gasteiger partial charge in [0, 0.05) is 23.7 Å². The average Bonchev–Trinajstić information content (AvgIpc) is 3.26. The van der Waals surface area contributed by atoms with Gasteiger partial charge in [-0.15, -0.1) is 0 Å². The molecule has 0 radical (unpaired) electrons. The number of oxazole rings is 1. The number of benzene rings is 1. The molecule has 0 amide bonds. The second-order valence-corrected chi connectivity index (χ2v) is 9.53. The van der Waals surface area contributed by atoms with Crippen molar-refractivity contribution in [2.45, 2.75) is 52.0 Å². The van der Waals surface area contributed by atoms with Gasteiger partial charge in [-0.1, -0.05) is 31.5 Å². The van der Waals surface area contributed by atoms with Gasteiger partial charge in [0.1, 0.15) is 16.9 Å². The lowest BCUT2D eigenvalue weighted by Crippen LogP contribution is -2.33. The van der Waals surface area contributed by atoms with Crippen LogP contribution in [0, 0.1) is 13.8 Å². The maximum Gasteiger partial charge on any atom is 0.246 e. The number of rotatable bonds is 9. The molecule has 0 unspecified atom stereocenters. The molecule has 3 aromatic rings. The van der Waals surface area contributed by atoms with E-state index in [9.17, 15) is 8.42 Å². The van der Waals surface area contributed by atoms with Crippen molar-refractivity contribution in [3.8, 4) is 11.5 Å². The van der Waals surface area contributed by atoms with Gasteiger partial charge >= 0.3 is 0 Å². The number of aromatic nitrogens is 3. The largest absolute Gasteiger partial charge is 0.444 e. The van der Waals surface area contributed by atoms with E-state index in [1.807, 2.05) is 26.0 Å². The number of hydrogen-bond donors (Lipinski definition) is 0. The Labute approximate surface area is 182 Å². The number of halogens is 1. The van der Waals surface area contributed by atoms with Crippen molar-refractivity contribution >= 4 is 21.6 Å². The summed E-state index contributed by atoms with van der Waals surface area (Å²) in [4.78, 5) is 4.79. The molecule has 0 aliphatic carbocycles. The van der Waals surface area contributed by atoms with E-state index in [1.54, 1.807) is 41.2 Å². The molecule has 7 nitrogen and oxygen atoms in total. The van der Waals surface area contributed by atoms with E-state index in [0.29, 0.717) is 47.6 Å². The molecule has 3 rings (SSSR count). The fourth-order valence-electron chi connectivity index (χ4n) is 3.47. The van der Waals surface area contributed by atoms with Crippen molar-refractivity contribution in [2.24, 2.45) is 0 Å². The highest BCUT2D eigenvalue weighted by Gasteiger charge is 2.30. The van der Waals surface area contributed by atoms with E-state index in [2.05, 4.69) is 10.1 Å². The van der Waals surface area contributed by atoms with Crippen LogP contribution in [-0.4, -0.2) is 40.6 Å². The third-order valence-corrected chi connectivity index (χ3v) is 7.18. The molecule has 0 N–H and O–H groups in total. The minimum atomic E-state index is -3.61. The van der Waals surface area contributed by atoms with Crippen LogP contribution in [0.4, 0.5) is 0 Å². The van der Waals surface area contributed by atoms with Gasteiger partial charge in [-0.3, -0.25) is 4.68 Å². The zero-order valence-electron chi connectivity index (χ0n) is 17.7. The highest BCUT2D eigenvalue weighted by atomic mass is 35.5. The SMILES string of the molecule is CCCN(CCC)S(=O)(=O)c1c(C)nn(Cc2coc(-c3cccc(Cl)c3)n2)c1C. The molecule has 30 heavy (non-hydrogen) atoms. The van der Waals surface area contributed by atoms with Gasteiger partial charge in [0.05, 0.1) is 17.9 Å². The maximum atomic E-state index is 13.3. The van der Waals surface area contributed by atoms with E-state index < -0.39 is 10.0 Å². The van der Waals surface area contributed by atoms with E-state index in [4.69, 9.17) is 16.0 Å². The molecule has 0 fully saturated rings. The van der Waals surface area contributed by atoms with Gasteiger partial charge < -0.3 is 4.42 Å². The summed E-state index contributed by atoms with van der Waals surface area (Å²) in [5.41, 5.74) is 2.51. The van der Waals surface area contributed by atoms with Gasteiger partial charge in [0.25, 0.3) is 0 Å². The zero-order chi connectivity index (χ0) is 21.9. The molecule has 0 aliphatic heterocycles. The normalized spacial score (nSPS) is 12.1. The summed E-state index contributed by atoms with van der Waals surface area (Å²) in [6.45, 7) is 8.76. The summed E-state index contributed by atoms with van der Waals surface area (Å²) in [5, 5.41) is 5.08. The van der Waals surface area contributed by atoms with E-state index >= 15 is 0 Å². The van der Waals surface area contributed by atoms with Gasteiger partial charge in [-0.2, -0.15) is 9.40 Å². The Balaban J connectivity index is 1.89. The highest BCUT2D eigenvalue weighted by molar-refractivity contribution is 7.89. The third-order valence-electron chi connectivity index (χ3n) is 4.79. The molecule has 1 aromatic carbocycles. The van der Waals surface area contributed by atoms with Crippen LogP contribution in [0.5, 0.6) is 0 Å². The van der Waals surface area contributed by atoms with E-state index in [1.165, 1.54) is 0 Å². The first-order valence-corrected chi connectivity index (χ1v) is 11.8. The Morgan fingerprint density at radius 2 is 1.87 bits per heavy atom. The maximum absolute atomic E-state index is 13.3. The van der Waals surface area contributed by atoms with Gasteiger partial charge in [-0.25, -0.2) is 13.4 Å². The minimum absolute atomic E-state index is 0.281. The second kappa shape index (κ2) is 9.32. The lowest BCUT2D eigenvalue weighted by molar-refractivity contribution is 0.409. The molecule has 0 saturated heterocycles. The number of hydrogen-bond acceptors (Lipinski definition) is 5. The Morgan fingerprint density at radius 1 is 1.17 bits per heavy atom. The Bertz CT molecular complexity index is 1120.